The number of piperidine rings is 1. The molecule has 1 saturated carbocycles. The predicted octanol–water partition coefficient (Wildman–Crippen LogP) is 1.22. The van der Waals surface area contributed by atoms with Crippen LogP contribution >= 0.6 is 0 Å². The van der Waals surface area contributed by atoms with Crippen molar-refractivity contribution in [1.29, 1.82) is 0 Å². The fraction of sp³-hybridized carbons (Fsp3) is 1.00. The van der Waals surface area contributed by atoms with Crippen LogP contribution < -0.4 is 5.73 Å². The van der Waals surface area contributed by atoms with E-state index in [1.54, 1.807) is 0 Å². The first-order valence-electron chi connectivity index (χ1n) is 6.23. The lowest BCUT2D eigenvalue weighted by atomic mass is 9.84. The Morgan fingerprint density at radius 3 is 2.33 bits per heavy atom. The first kappa shape index (κ1) is 11.4. The largest absolute Gasteiger partial charge is 0.381 e. The Hall–Kier alpha value is -0.120. The quantitative estimate of drug-likeness (QED) is 0.764. The predicted molar refractivity (Wildman–Crippen MR) is 61.8 cm³/mol. The van der Waals surface area contributed by atoms with Crippen LogP contribution in [0.4, 0.5) is 0 Å². The monoisotopic (exact) mass is 212 g/mol. The van der Waals surface area contributed by atoms with Crippen molar-refractivity contribution >= 4 is 0 Å². The van der Waals surface area contributed by atoms with Crippen LogP contribution in [-0.4, -0.2) is 43.3 Å². The standard InChI is InChI=1S/C12H24N2O/c1-9(13)10-3-5-14(6-4-10)11-7-12(8-11)15-2/h9-12H,3-8,13H2,1-2H3. The molecule has 1 aliphatic carbocycles. The number of hydrogen-bond donors (Lipinski definition) is 1. The van der Waals surface area contributed by atoms with Gasteiger partial charge in [-0.15, -0.1) is 0 Å². The first-order chi connectivity index (χ1) is 7.20. The van der Waals surface area contributed by atoms with Gasteiger partial charge in [0.1, 0.15) is 0 Å². The van der Waals surface area contributed by atoms with Gasteiger partial charge >= 0.3 is 0 Å². The molecule has 0 aromatic rings. The van der Waals surface area contributed by atoms with Gasteiger partial charge in [-0.05, 0) is 51.6 Å². The van der Waals surface area contributed by atoms with E-state index in [9.17, 15) is 0 Å². The number of methoxy groups -OCH3 is 1. The minimum atomic E-state index is 0.375. The lowest BCUT2D eigenvalue weighted by Gasteiger charge is -2.45. The molecule has 3 heteroatoms. The lowest BCUT2D eigenvalue weighted by Crippen LogP contribution is -2.51. The number of nitrogens with zero attached hydrogens (tertiary/aromatic N) is 1. The molecule has 1 saturated heterocycles. The molecule has 3 nitrogen and oxygen atoms in total. The third-order valence-corrected chi connectivity index (χ3v) is 4.24. The van der Waals surface area contributed by atoms with Gasteiger partial charge in [0.25, 0.3) is 0 Å². The summed E-state index contributed by atoms with van der Waals surface area (Å²) in [6.45, 7) is 4.63. The highest BCUT2D eigenvalue weighted by molar-refractivity contribution is 4.90. The van der Waals surface area contributed by atoms with Gasteiger partial charge in [-0.3, -0.25) is 0 Å². The Labute approximate surface area is 93.0 Å². The van der Waals surface area contributed by atoms with E-state index in [1.165, 1.54) is 38.8 Å². The van der Waals surface area contributed by atoms with Crippen molar-refractivity contribution in [3.63, 3.8) is 0 Å². The molecule has 88 valence electrons. The average Bonchev–Trinajstić information content (AvgIpc) is 2.17. The Morgan fingerprint density at radius 1 is 1.27 bits per heavy atom. The van der Waals surface area contributed by atoms with E-state index >= 15 is 0 Å². The molecule has 0 spiro atoms. The van der Waals surface area contributed by atoms with Crippen molar-refractivity contribution in [3.8, 4) is 0 Å². The van der Waals surface area contributed by atoms with Crippen LogP contribution in [0.15, 0.2) is 0 Å². The van der Waals surface area contributed by atoms with Crippen LogP contribution in [0.5, 0.6) is 0 Å². The van der Waals surface area contributed by atoms with Gasteiger partial charge in [0.2, 0.25) is 0 Å². The van der Waals surface area contributed by atoms with Crippen LogP contribution in [0, 0.1) is 5.92 Å². The summed E-state index contributed by atoms with van der Waals surface area (Å²) in [6, 6.07) is 1.17. The Kier molecular flexibility index (Phi) is 3.65. The molecule has 0 bridgehead atoms. The SMILES string of the molecule is COC1CC(N2CCC(C(C)N)CC2)C1. The molecule has 2 aliphatic rings. The molecule has 2 fully saturated rings. The van der Waals surface area contributed by atoms with Gasteiger partial charge in [-0.25, -0.2) is 0 Å². The maximum Gasteiger partial charge on any atom is 0.0601 e. The molecule has 0 amide bonds. The minimum absolute atomic E-state index is 0.375. The molecule has 1 heterocycles. The average molecular weight is 212 g/mol. The van der Waals surface area contributed by atoms with E-state index in [4.69, 9.17) is 10.5 Å². The Balaban J connectivity index is 1.70. The summed E-state index contributed by atoms with van der Waals surface area (Å²) in [5, 5.41) is 0. The fourth-order valence-electron chi connectivity index (χ4n) is 2.84. The zero-order valence-electron chi connectivity index (χ0n) is 9.98. The highest BCUT2D eigenvalue weighted by Crippen LogP contribution is 2.31. The van der Waals surface area contributed by atoms with E-state index in [-0.39, 0.29) is 0 Å². The minimum Gasteiger partial charge on any atom is -0.381 e. The van der Waals surface area contributed by atoms with Crippen LogP contribution in [-0.2, 0) is 4.74 Å². The van der Waals surface area contributed by atoms with Crippen molar-refractivity contribution < 1.29 is 4.74 Å². The molecule has 0 aromatic carbocycles. The fourth-order valence-corrected chi connectivity index (χ4v) is 2.84. The number of likely N-dealkylation sites (tertiary alicyclic amines) is 1. The van der Waals surface area contributed by atoms with Crippen molar-refractivity contribution in [1.82, 2.24) is 4.90 Å². The molecule has 0 radical (unpaired) electrons. The second-order valence-electron chi connectivity index (χ2n) is 5.22. The molecule has 1 aliphatic heterocycles. The molecule has 2 N–H and O–H groups in total. The molecular weight excluding hydrogens is 188 g/mol. The van der Waals surface area contributed by atoms with Crippen LogP contribution in [0.2, 0.25) is 0 Å². The van der Waals surface area contributed by atoms with Crippen LogP contribution in [0.3, 0.4) is 0 Å². The normalized spacial score (nSPS) is 36.2. The summed E-state index contributed by atoms with van der Waals surface area (Å²) in [6.07, 6.45) is 5.57. The smallest absolute Gasteiger partial charge is 0.0601 e. The highest BCUT2D eigenvalue weighted by atomic mass is 16.5. The van der Waals surface area contributed by atoms with Crippen molar-refractivity contribution in [3.05, 3.63) is 0 Å². The van der Waals surface area contributed by atoms with Gasteiger partial charge in [0.05, 0.1) is 6.10 Å². The highest BCUT2D eigenvalue weighted by Gasteiger charge is 2.35. The maximum atomic E-state index is 5.94. The summed E-state index contributed by atoms with van der Waals surface area (Å²) in [5.41, 5.74) is 5.94. The van der Waals surface area contributed by atoms with Gasteiger partial charge in [-0.2, -0.15) is 0 Å². The molecule has 1 unspecified atom stereocenters. The van der Waals surface area contributed by atoms with Crippen molar-refractivity contribution in [2.45, 2.75) is 50.8 Å². The van der Waals surface area contributed by atoms with Crippen LogP contribution in [0.25, 0.3) is 0 Å². The van der Waals surface area contributed by atoms with Gasteiger partial charge in [0.15, 0.2) is 0 Å². The zero-order valence-corrected chi connectivity index (χ0v) is 9.98. The summed E-state index contributed by atoms with van der Waals surface area (Å²) in [5.74, 6) is 0.750. The molecule has 2 rings (SSSR count). The zero-order chi connectivity index (χ0) is 10.8. The number of rotatable bonds is 3. The van der Waals surface area contributed by atoms with Gasteiger partial charge in [-0.1, -0.05) is 0 Å². The Bertz CT molecular complexity index is 194. The van der Waals surface area contributed by atoms with E-state index in [0.717, 1.165) is 12.0 Å². The number of hydrogen-bond acceptors (Lipinski definition) is 3. The molecule has 15 heavy (non-hydrogen) atoms. The van der Waals surface area contributed by atoms with E-state index in [2.05, 4.69) is 11.8 Å². The third kappa shape index (κ3) is 2.52. The summed E-state index contributed by atoms with van der Waals surface area (Å²) < 4.78 is 5.32. The lowest BCUT2D eigenvalue weighted by molar-refractivity contribution is -0.0370. The number of ether oxygens (including phenoxy) is 1. The van der Waals surface area contributed by atoms with E-state index < -0.39 is 0 Å². The van der Waals surface area contributed by atoms with Crippen LogP contribution in [0.1, 0.15) is 32.6 Å². The van der Waals surface area contributed by atoms with Gasteiger partial charge in [0, 0.05) is 19.2 Å². The third-order valence-electron chi connectivity index (χ3n) is 4.24. The first-order valence-corrected chi connectivity index (χ1v) is 6.23. The van der Waals surface area contributed by atoms with E-state index in [1.807, 2.05) is 7.11 Å². The second kappa shape index (κ2) is 4.81. The summed E-state index contributed by atoms with van der Waals surface area (Å²) in [4.78, 5) is 2.63. The van der Waals surface area contributed by atoms with Gasteiger partial charge < -0.3 is 15.4 Å². The van der Waals surface area contributed by atoms with Crippen molar-refractivity contribution in [2.24, 2.45) is 11.7 Å². The number of nitrogens with two attached hydrogens (primary N) is 1. The maximum absolute atomic E-state index is 5.94. The molecule has 0 aromatic heterocycles. The Morgan fingerprint density at radius 2 is 1.87 bits per heavy atom. The molecular formula is C12H24N2O. The summed E-state index contributed by atoms with van der Waals surface area (Å²) >= 11 is 0. The second-order valence-corrected chi connectivity index (χ2v) is 5.22. The van der Waals surface area contributed by atoms with E-state index in [0.29, 0.717) is 12.1 Å². The topological polar surface area (TPSA) is 38.5 Å². The molecule has 1 atom stereocenters. The summed E-state index contributed by atoms with van der Waals surface area (Å²) in [7, 11) is 1.82. The van der Waals surface area contributed by atoms with Crippen molar-refractivity contribution in [2.75, 3.05) is 20.2 Å².